The molecule has 158 valence electrons. The van der Waals surface area contributed by atoms with Gasteiger partial charge in [-0.05, 0) is 32.4 Å². The van der Waals surface area contributed by atoms with Gasteiger partial charge in [-0.2, -0.15) is 13.2 Å². The van der Waals surface area contributed by atoms with Gasteiger partial charge >= 0.3 is 18.1 Å². The second-order valence-corrected chi connectivity index (χ2v) is 7.03. The van der Waals surface area contributed by atoms with Crippen LogP contribution in [-0.2, 0) is 20.5 Å². The molecule has 0 saturated carbocycles. The molecule has 0 fully saturated rings. The molecule has 1 aromatic carbocycles. The lowest BCUT2D eigenvalue weighted by Crippen LogP contribution is -2.38. The lowest BCUT2D eigenvalue weighted by Gasteiger charge is -2.21. The Kier molecular flexibility index (Phi) is 8.91. The fourth-order valence-electron chi connectivity index (χ4n) is 2.35. The number of esters is 2. The highest BCUT2D eigenvalue weighted by Crippen LogP contribution is 2.35. The second kappa shape index (κ2) is 10.4. The Morgan fingerprint density at radius 1 is 0.964 bits per heavy atom. The van der Waals surface area contributed by atoms with Gasteiger partial charge in [-0.15, -0.1) is 0 Å². The van der Waals surface area contributed by atoms with Crippen LogP contribution in [0.5, 0.6) is 5.75 Å². The van der Waals surface area contributed by atoms with E-state index in [1.165, 1.54) is 13.8 Å². The number of carbonyl (C=O) groups is 2. The monoisotopic (exact) mass is 406 g/mol. The van der Waals surface area contributed by atoms with Gasteiger partial charge in [0.25, 0.3) is 0 Å². The lowest BCUT2D eigenvalue weighted by atomic mass is 9.94. The van der Waals surface area contributed by atoms with Crippen LogP contribution in [0.4, 0.5) is 17.6 Å². The first-order valence-corrected chi connectivity index (χ1v) is 9.27. The molecular formula is C20H26F4O4. The van der Waals surface area contributed by atoms with Crippen LogP contribution in [0, 0.1) is 11.2 Å². The molecule has 0 aromatic heterocycles. The summed E-state index contributed by atoms with van der Waals surface area (Å²) in [6.45, 7) is 4.66. The van der Waals surface area contributed by atoms with Crippen LogP contribution in [-0.4, -0.2) is 18.5 Å². The minimum atomic E-state index is -4.93. The summed E-state index contributed by atoms with van der Waals surface area (Å²) in [5, 5.41) is 0. The van der Waals surface area contributed by atoms with Gasteiger partial charge in [-0.1, -0.05) is 45.1 Å². The number of benzene rings is 1. The van der Waals surface area contributed by atoms with Crippen molar-refractivity contribution in [2.75, 3.05) is 6.61 Å². The Morgan fingerprint density at radius 3 is 2.18 bits per heavy atom. The van der Waals surface area contributed by atoms with Gasteiger partial charge in [0.1, 0.15) is 0 Å². The van der Waals surface area contributed by atoms with Crippen molar-refractivity contribution in [3.63, 3.8) is 0 Å². The minimum absolute atomic E-state index is 0.125. The Hall–Kier alpha value is -2.12. The van der Waals surface area contributed by atoms with E-state index >= 15 is 0 Å². The lowest BCUT2D eigenvalue weighted by molar-refractivity contribution is -0.165. The van der Waals surface area contributed by atoms with Crippen LogP contribution in [0.1, 0.15) is 64.9 Å². The van der Waals surface area contributed by atoms with Crippen LogP contribution >= 0.6 is 0 Å². The molecule has 0 atom stereocenters. The highest BCUT2D eigenvalue weighted by atomic mass is 19.4. The number of halogens is 4. The zero-order valence-electron chi connectivity index (χ0n) is 16.3. The number of hydrogen-bond donors (Lipinski definition) is 0. The SMILES string of the molecule is CCCCCCCCOC(=O)C(C)(C)C(=O)Oc1cccc(C(F)(F)F)c1F. The Labute approximate surface area is 162 Å². The van der Waals surface area contributed by atoms with Gasteiger partial charge in [-0.3, -0.25) is 9.59 Å². The molecule has 28 heavy (non-hydrogen) atoms. The molecule has 0 amide bonds. The summed E-state index contributed by atoms with van der Waals surface area (Å²) in [6, 6.07) is 2.34. The van der Waals surface area contributed by atoms with Crippen molar-refractivity contribution in [2.24, 2.45) is 5.41 Å². The normalized spacial score (nSPS) is 12.0. The Morgan fingerprint density at radius 2 is 1.57 bits per heavy atom. The average Bonchev–Trinajstić information content (AvgIpc) is 2.61. The first-order chi connectivity index (χ1) is 13.0. The van der Waals surface area contributed by atoms with E-state index in [4.69, 9.17) is 9.47 Å². The van der Waals surface area contributed by atoms with E-state index < -0.39 is 40.7 Å². The first-order valence-electron chi connectivity index (χ1n) is 9.27. The van der Waals surface area contributed by atoms with Gasteiger partial charge < -0.3 is 9.47 Å². The fourth-order valence-corrected chi connectivity index (χ4v) is 2.35. The highest BCUT2D eigenvalue weighted by molar-refractivity contribution is 5.99. The standard InChI is InChI=1S/C20H26F4O4/c1-4-5-6-7-8-9-13-27-17(25)19(2,3)18(26)28-15-12-10-11-14(16(15)21)20(22,23)24/h10-12H,4-9,13H2,1-3H3. The number of hydrogen-bond acceptors (Lipinski definition) is 4. The van der Waals surface area contributed by atoms with Crippen LogP contribution in [0.2, 0.25) is 0 Å². The number of ether oxygens (including phenoxy) is 2. The smallest absolute Gasteiger partial charge is 0.419 e. The molecule has 0 aliphatic carbocycles. The number of rotatable bonds is 10. The topological polar surface area (TPSA) is 52.6 Å². The molecule has 4 nitrogen and oxygen atoms in total. The van der Waals surface area contributed by atoms with E-state index in [0.717, 1.165) is 44.2 Å². The van der Waals surface area contributed by atoms with Crippen molar-refractivity contribution >= 4 is 11.9 Å². The Bertz CT molecular complexity index is 669. The predicted octanol–water partition coefficient (Wildman–Crippen LogP) is 5.68. The summed E-state index contributed by atoms with van der Waals surface area (Å²) in [5.74, 6) is -4.67. The maximum Gasteiger partial charge on any atom is 0.419 e. The van der Waals surface area contributed by atoms with Crippen LogP contribution in [0.3, 0.4) is 0 Å². The first kappa shape index (κ1) is 23.9. The number of alkyl halides is 3. The maximum absolute atomic E-state index is 14.0. The van der Waals surface area contributed by atoms with Crippen LogP contribution in [0.25, 0.3) is 0 Å². The van der Waals surface area contributed by atoms with Crippen molar-refractivity contribution in [2.45, 2.75) is 65.5 Å². The molecule has 0 aliphatic heterocycles. The van der Waals surface area contributed by atoms with Gasteiger partial charge in [-0.25, -0.2) is 4.39 Å². The summed E-state index contributed by atoms with van der Waals surface area (Å²) < 4.78 is 62.0. The molecule has 0 bridgehead atoms. The van der Waals surface area contributed by atoms with Gasteiger partial charge in [0.15, 0.2) is 17.0 Å². The molecule has 0 spiro atoms. The van der Waals surface area contributed by atoms with Crippen molar-refractivity contribution in [3.05, 3.63) is 29.6 Å². The minimum Gasteiger partial charge on any atom is -0.465 e. The summed E-state index contributed by atoms with van der Waals surface area (Å²) in [7, 11) is 0. The van der Waals surface area contributed by atoms with E-state index in [0.29, 0.717) is 12.5 Å². The van der Waals surface area contributed by atoms with E-state index in [1.807, 2.05) is 0 Å². The molecule has 0 radical (unpaired) electrons. The van der Waals surface area contributed by atoms with Crippen LogP contribution < -0.4 is 4.74 Å². The maximum atomic E-state index is 14.0. The van der Waals surface area contributed by atoms with Crippen molar-refractivity contribution in [3.8, 4) is 5.75 Å². The quantitative estimate of drug-likeness (QED) is 0.165. The van der Waals surface area contributed by atoms with E-state index in [9.17, 15) is 27.2 Å². The second-order valence-electron chi connectivity index (χ2n) is 7.03. The van der Waals surface area contributed by atoms with Gasteiger partial charge in [0.05, 0.1) is 12.2 Å². The van der Waals surface area contributed by atoms with Gasteiger partial charge in [0.2, 0.25) is 0 Å². The molecule has 0 aliphatic rings. The van der Waals surface area contributed by atoms with E-state index in [-0.39, 0.29) is 6.61 Å². The van der Waals surface area contributed by atoms with E-state index in [1.54, 1.807) is 0 Å². The summed E-state index contributed by atoms with van der Waals surface area (Å²) in [6.07, 6.45) is 0.980. The third-order valence-electron chi connectivity index (χ3n) is 4.22. The fraction of sp³-hybridized carbons (Fsp3) is 0.600. The zero-order valence-corrected chi connectivity index (χ0v) is 16.3. The molecule has 0 N–H and O–H groups in total. The van der Waals surface area contributed by atoms with E-state index in [2.05, 4.69) is 6.92 Å². The number of unbranched alkanes of at least 4 members (excludes halogenated alkanes) is 5. The largest absolute Gasteiger partial charge is 0.465 e. The van der Waals surface area contributed by atoms with Crippen LogP contribution in [0.15, 0.2) is 18.2 Å². The molecule has 8 heteroatoms. The van der Waals surface area contributed by atoms with Gasteiger partial charge in [0, 0.05) is 0 Å². The third kappa shape index (κ3) is 6.80. The molecule has 0 saturated heterocycles. The zero-order chi connectivity index (χ0) is 21.4. The highest BCUT2D eigenvalue weighted by Gasteiger charge is 2.41. The third-order valence-corrected chi connectivity index (χ3v) is 4.22. The van der Waals surface area contributed by atoms with Crippen molar-refractivity contribution < 1.29 is 36.6 Å². The molecule has 1 aromatic rings. The summed E-state index contributed by atoms with van der Waals surface area (Å²) in [4.78, 5) is 24.4. The predicted molar refractivity (Wildman–Crippen MR) is 95.2 cm³/mol. The summed E-state index contributed by atoms with van der Waals surface area (Å²) >= 11 is 0. The molecule has 0 unspecified atom stereocenters. The number of carbonyl (C=O) groups excluding carboxylic acids is 2. The molecule has 1 rings (SSSR count). The molecular weight excluding hydrogens is 380 g/mol. The average molecular weight is 406 g/mol. The summed E-state index contributed by atoms with van der Waals surface area (Å²) in [5.41, 5.74) is -3.34. The Balaban J connectivity index is 2.64. The van der Waals surface area contributed by atoms with Crippen molar-refractivity contribution in [1.82, 2.24) is 0 Å². The van der Waals surface area contributed by atoms with Crippen molar-refractivity contribution in [1.29, 1.82) is 0 Å². The molecule has 0 heterocycles.